The van der Waals surface area contributed by atoms with Gasteiger partial charge in [-0.1, -0.05) is 26.0 Å². The molecule has 0 aliphatic rings. The van der Waals surface area contributed by atoms with Crippen LogP contribution in [0.15, 0.2) is 36.7 Å². The van der Waals surface area contributed by atoms with E-state index in [1.165, 1.54) is 24.4 Å². The molecule has 3 aromatic rings. The summed E-state index contributed by atoms with van der Waals surface area (Å²) in [6.45, 7) is 3.43. The summed E-state index contributed by atoms with van der Waals surface area (Å²) in [5.41, 5.74) is 6.71. The van der Waals surface area contributed by atoms with Gasteiger partial charge in [0.25, 0.3) is 0 Å². The van der Waals surface area contributed by atoms with Crippen molar-refractivity contribution in [3.05, 3.63) is 53.4 Å². The van der Waals surface area contributed by atoms with Gasteiger partial charge in [0.15, 0.2) is 5.65 Å². The van der Waals surface area contributed by atoms with E-state index in [-0.39, 0.29) is 11.5 Å². The zero-order valence-electron chi connectivity index (χ0n) is 14.6. The van der Waals surface area contributed by atoms with E-state index in [0.29, 0.717) is 28.0 Å². The first-order valence-corrected chi connectivity index (χ1v) is 8.20. The van der Waals surface area contributed by atoms with Crippen molar-refractivity contribution in [2.75, 3.05) is 0 Å². The predicted octanol–water partition coefficient (Wildman–Crippen LogP) is 4.27. The number of nitrogens with one attached hydrogen (secondary N) is 1. The second-order valence-electron chi connectivity index (χ2n) is 6.39. The van der Waals surface area contributed by atoms with Gasteiger partial charge >= 0.3 is 6.18 Å². The summed E-state index contributed by atoms with van der Waals surface area (Å²) in [5, 5.41) is 0. The van der Waals surface area contributed by atoms with Crippen LogP contribution in [-0.4, -0.2) is 20.9 Å². The number of aromatic amines is 1. The summed E-state index contributed by atoms with van der Waals surface area (Å²) in [7, 11) is 0. The lowest BCUT2D eigenvalue weighted by atomic mass is 9.94. The maximum atomic E-state index is 13.5. The first-order chi connectivity index (χ1) is 12.7. The first-order valence-electron chi connectivity index (χ1n) is 8.20. The van der Waals surface area contributed by atoms with Gasteiger partial charge in [-0.2, -0.15) is 13.2 Å². The number of H-pyrrole nitrogens is 1. The molecular weight excluding hydrogens is 357 g/mol. The normalized spacial score (nSPS) is 12.4. The van der Waals surface area contributed by atoms with Gasteiger partial charge in [0.2, 0.25) is 5.91 Å². The molecule has 0 atom stereocenters. The topological polar surface area (TPSA) is 84.7 Å². The molecule has 0 fully saturated rings. The van der Waals surface area contributed by atoms with Gasteiger partial charge in [-0.3, -0.25) is 4.79 Å². The van der Waals surface area contributed by atoms with E-state index in [0.717, 1.165) is 6.07 Å². The van der Waals surface area contributed by atoms with Crippen LogP contribution in [0.2, 0.25) is 0 Å². The highest BCUT2D eigenvalue weighted by Gasteiger charge is 2.34. The van der Waals surface area contributed by atoms with Gasteiger partial charge in [0.1, 0.15) is 5.52 Å². The quantitative estimate of drug-likeness (QED) is 0.669. The number of benzene rings is 1. The third kappa shape index (κ3) is 3.84. The Labute approximate surface area is 153 Å². The third-order valence-electron chi connectivity index (χ3n) is 4.11. The monoisotopic (exact) mass is 374 g/mol. The Balaban J connectivity index is 2.12. The molecule has 0 aliphatic heterocycles. The SMILES string of the molecule is CC(C)c1ccc(-c2cnc3[nH]cc(C=CC(N)=O)c3n2)cc1C(F)(F)F. The fourth-order valence-electron chi connectivity index (χ4n) is 2.81. The summed E-state index contributed by atoms with van der Waals surface area (Å²) < 4.78 is 40.4. The Morgan fingerprint density at radius 3 is 2.67 bits per heavy atom. The van der Waals surface area contributed by atoms with Crippen molar-refractivity contribution in [1.82, 2.24) is 15.0 Å². The Morgan fingerprint density at radius 2 is 2.04 bits per heavy atom. The number of rotatable bonds is 4. The van der Waals surface area contributed by atoms with Gasteiger partial charge in [0.05, 0.1) is 17.5 Å². The van der Waals surface area contributed by atoms with E-state index < -0.39 is 17.6 Å². The van der Waals surface area contributed by atoms with E-state index in [4.69, 9.17) is 5.73 Å². The fraction of sp³-hybridized carbons (Fsp3) is 0.211. The number of hydrogen-bond acceptors (Lipinski definition) is 3. The predicted molar refractivity (Wildman–Crippen MR) is 96.6 cm³/mol. The van der Waals surface area contributed by atoms with E-state index in [9.17, 15) is 18.0 Å². The van der Waals surface area contributed by atoms with Crippen LogP contribution >= 0.6 is 0 Å². The van der Waals surface area contributed by atoms with Crippen molar-refractivity contribution < 1.29 is 18.0 Å². The minimum atomic E-state index is -4.46. The number of primary amides is 1. The van der Waals surface area contributed by atoms with E-state index in [1.807, 2.05) is 0 Å². The molecule has 2 aromatic heterocycles. The molecule has 1 amide bonds. The molecule has 0 bridgehead atoms. The highest BCUT2D eigenvalue weighted by atomic mass is 19.4. The van der Waals surface area contributed by atoms with E-state index >= 15 is 0 Å². The third-order valence-corrected chi connectivity index (χ3v) is 4.11. The number of hydrogen-bond donors (Lipinski definition) is 2. The maximum absolute atomic E-state index is 13.5. The first kappa shape index (κ1) is 18.6. The molecule has 140 valence electrons. The number of halogens is 3. The summed E-state index contributed by atoms with van der Waals surface area (Å²) in [4.78, 5) is 22.4. The van der Waals surface area contributed by atoms with Crippen molar-refractivity contribution in [2.24, 2.45) is 5.73 Å². The average molecular weight is 374 g/mol. The van der Waals surface area contributed by atoms with Crippen LogP contribution in [0.25, 0.3) is 28.5 Å². The minimum absolute atomic E-state index is 0.229. The number of nitrogens with two attached hydrogens (primary N) is 1. The van der Waals surface area contributed by atoms with Crippen molar-refractivity contribution in [2.45, 2.75) is 25.9 Å². The van der Waals surface area contributed by atoms with Gasteiger partial charge in [-0.05, 0) is 23.6 Å². The maximum Gasteiger partial charge on any atom is 0.416 e. The Morgan fingerprint density at radius 1 is 1.30 bits per heavy atom. The lowest BCUT2D eigenvalue weighted by Gasteiger charge is -2.16. The van der Waals surface area contributed by atoms with Crippen molar-refractivity contribution in [1.29, 1.82) is 0 Å². The van der Waals surface area contributed by atoms with Gasteiger partial charge < -0.3 is 10.7 Å². The molecule has 1 aromatic carbocycles. The summed E-state index contributed by atoms with van der Waals surface area (Å²) >= 11 is 0. The Bertz CT molecular complexity index is 1040. The zero-order valence-corrected chi connectivity index (χ0v) is 14.6. The van der Waals surface area contributed by atoms with Gasteiger partial charge in [-0.25, -0.2) is 9.97 Å². The smallest absolute Gasteiger partial charge is 0.366 e. The molecule has 0 spiro atoms. The molecule has 8 heteroatoms. The molecule has 27 heavy (non-hydrogen) atoms. The summed E-state index contributed by atoms with van der Waals surface area (Å²) in [6, 6.07) is 4.17. The number of carbonyl (C=O) groups is 1. The lowest BCUT2D eigenvalue weighted by molar-refractivity contribution is -0.138. The van der Waals surface area contributed by atoms with E-state index in [1.54, 1.807) is 26.1 Å². The van der Waals surface area contributed by atoms with Crippen LogP contribution in [-0.2, 0) is 11.0 Å². The number of amides is 1. The molecular formula is C19H17F3N4O. The van der Waals surface area contributed by atoms with Crippen LogP contribution in [0.1, 0.15) is 36.5 Å². The number of fused-ring (bicyclic) bond motifs is 1. The van der Waals surface area contributed by atoms with Crippen LogP contribution < -0.4 is 5.73 Å². The highest BCUT2D eigenvalue weighted by Crippen LogP contribution is 2.37. The average Bonchev–Trinajstić information content (AvgIpc) is 3.00. The zero-order chi connectivity index (χ0) is 19.8. The van der Waals surface area contributed by atoms with Crippen molar-refractivity contribution in [3.63, 3.8) is 0 Å². The van der Waals surface area contributed by atoms with E-state index in [2.05, 4.69) is 15.0 Å². The largest absolute Gasteiger partial charge is 0.416 e. The molecule has 5 nitrogen and oxygen atoms in total. The highest BCUT2D eigenvalue weighted by molar-refractivity contribution is 5.93. The number of carbonyl (C=O) groups excluding carboxylic acids is 1. The standard InChI is InChI=1S/C19H17F3N4O/c1-10(2)13-5-3-11(7-14(13)19(20,21)22)15-9-25-18-17(26-15)12(8-24-18)4-6-16(23)27/h3-10H,1-2H3,(H2,23,27)(H,24,25). The second-order valence-corrected chi connectivity index (χ2v) is 6.39. The molecule has 0 saturated heterocycles. The van der Waals surface area contributed by atoms with Crippen LogP contribution in [0.3, 0.4) is 0 Å². The second kappa shape index (κ2) is 6.86. The summed E-state index contributed by atoms with van der Waals surface area (Å²) in [5.74, 6) is -0.882. The minimum Gasteiger partial charge on any atom is -0.366 e. The molecule has 3 N–H and O–H groups in total. The number of aromatic nitrogens is 3. The Hall–Kier alpha value is -3.16. The van der Waals surface area contributed by atoms with Crippen LogP contribution in [0.5, 0.6) is 0 Å². The molecule has 0 unspecified atom stereocenters. The fourth-order valence-corrected chi connectivity index (χ4v) is 2.81. The molecule has 2 heterocycles. The lowest BCUT2D eigenvalue weighted by Crippen LogP contribution is -2.10. The van der Waals surface area contributed by atoms with Crippen molar-refractivity contribution in [3.8, 4) is 11.3 Å². The Kier molecular flexibility index (Phi) is 4.73. The molecule has 0 saturated carbocycles. The molecule has 3 rings (SSSR count). The number of nitrogens with zero attached hydrogens (tertiary/aromatic N) is 2. The molecule has 0 radical (unpaired) electrons. The van der Waals surface area contributed by atoms with Gasteiger partial charge in [-0.15, -0.1) is 0 Å². The molecule has 0 aliphatic carbocycles. The van der Waals surface area contributed by atoms with Crippen LogP contribution in [0.4, 0.5) is 13.2 Å². The van der Waals surface area contributed by atoms with Crippen LogP contribution in [0, 0.1) is 0 Å². The summed E-state index contributed by atoms with van der Waals surface area (Å²) in [6.07, 6.45) is 1.19. The number of alkyl halides is 3. The van der Waals surface area contributed by atoms with Crippen molar-refractivity contribution >= 4 is 23.1 Å². The van der Waals surface area contributed by atoms with Gasteiger partial charge in [0, 0.05) is 23.4 Å².